The summed E-state index contributed by atoms with van der Waals surface area (Å²) in [7, 11) is -1.98. The molecule has 0 spiro atoms. The molecular weight excluding hydrogens is 685 g/mol. The van der Waals surface area contributed by atoms with Gasteiger partial charge in [0.2, 0.25) is 11.8 Å². The summed E-state index contributed by atoms with van der Waals surface area (Å²) in [5.41, 5.74) is 0. The van der Waals surface area contributed by atoms with Gasteiger partial charge in [0, 0.05) is 11.8 Å². The van der Waals surface area contributed by atoms with Crippen LogP contribution in [0.25, 0.3) is 0 Å². The Hall–Kier alpha value is -3.17. The Balaban J connectivity index is 1.84. The van der Waals surface area contributed by atoms with E-state index in [1.807, 2.05) is 50.2 Å². The number of carbonyl (C=O) groups excluding carboxylic acids is 3. The molecule has 1 aliphatic carbocycles. The van der Waals surface area contributed by atoms with E-state index in [4.69, 9.17) is 23.4 Å². The molecule has 2 aromatic carbocycles. The van der Waals surface area contributed by atoms with Crippen LogP contribution >= 0.6 is 0 Å². The van der Waals surface area contributed by atoms with Crippen molar-refractivity contribution in [3.05, 3.63) is 60.7 Å². The van der Waals surface area contributed by atoms with Gasteiger partial charge in [0.05, 0.1) is 32.0 Å². The Morgan fingerprint density at radius 2 is 1.44 bits per heavy atom. The number of methoxy groups -OCH3 is 1. The monoisotopic (exact) mass is 742 g/mol. The van der Waals surface area contributed by atoms with Crippen LogP contribution in [0.1, 0.15) is 67.7 Å². The van der Waals surface area contributed by atoms with E-state index in [0.717, 1.165) is 10.4 Å². The zero-order valence-electron chi connectivity index (χ0n) is 31.7. The summed E-state index contributed by atoms with van der Waals surface area (Å²) in [6, 6.07) is 18.9. The molecular formula is C39H58N2O10Si. The van der Waals surface area contributed by atoms with Crippen molar-refractivity contribution in [1.29, 1.82) is 0 Å². The highest BCUT2D eigenvalue weighted by Crippen LogP contribution is 2.40. The average molecular weight is 743 g/mol. The predicted octanol–water partition coefficient (Wildman–Crippen LogP) is 2.42. The average Bonchev–Trinajstić information content (AvgIpc) is 3.12. The smallest absolute Gasteiger partial charge is 0.331 e. The second-order valence-electron chi connectivity index (χ2n) is 15.4. The van der Waals surface area contributed by atoms with E-state index in [2.05, 4.69) is 55.7 Å². The molecule has 52 heavy (non-hydrogen) atoms. The molecule has 12 nitrogen and oxygen atoms in total. The summed E-state index contributed by atoms with van der Waals surface area (Å²) in [5, 5.41) is 29.4. The van der Waals surface area contributed by atoms with Crippen molar-refractivity contribution in [2.45, 2.75) is 122 Å². The highest BCUT2D eigenvalue weighted by molar-refractivity contribution is 6.99. The van der Waals surface area contributed by atoms with Crippen molar-refractivity contribution in [2.75, 3.05) is 20.3 Å². The molecule has 4 N–H and O–H groups in total. The van der Waals surface area contributed by atoms with E-state index in [1.165, 1.54) is 7.11 Å². The second kappa shape index (κ2) is 18.2. The third kappa shape index (κ3) is 9.48. The zero-order valence-corrected chi connectivity index (χ0v) is 32.7. The molecule has 1 heterocycles. The second-order valence-corrected chi connectivity index (χ2v) is 19.6. The molecule has 2 fully saturated rings. The topological polar surface area (TPSA) is 162 Å². The van der Waals surface area contributed by atoms with E-state index in [0.29, 0.717) is 19.3 Å². The maximum Gasteiger partial charge on any atom is 0.331 e. The van der Waals surface area contributed by atoms with Crippen molar-refractivity contribution >= 4 is 36.5 Å². The van der Waals surface area contributed by atoms with Gasteiger partial charge in [-0.1, -0.05) is 109 Å². The highest BCUT2D eigenvalue weighted by atomic mass is 28.4. The number of ether oxygens (including phenoxy) is 4. The van der Waals surface area contributed by atoms with Gasteiger partial charge in [-0.3, -0.25) is 9.59 Å². The van der Waals surface area contributed by atoms with Crippen LogP contribution in [0.4, 0.5) is 0 Å². The van der Waals surface area contributed by atoms with Crippen LogP contribution in [-0.2, 0) is 37.8 Å². The molecule has 0 aromatic heterocycles. The van der Waals surface area contributed by atoms with Crippen LogP contribution in [0.15, 0.2) is 60.7 Å². The highest BCUT2D eigenvalue weighted by Gasteiger charge is 2.55. The number of carbonyl (C=O) groups is 3. The Labute approximate surface area is 309 Å². The first-order chi connectivity index (χ1) is 24.6. The van der Waals surface area contributed by atoms with Crippen LogP contribution in [0.2, 0.25) is 5.04 Å². The summed E-state index contributed by atoms with van der Waals surface area (Å²) in [6.45, 7) is 12.6. The number of aliphatic hydroxyl groups is 2. The number of rotatable bonds is 14. The number of benzene rings is 2. The van der Waals surface area contributed by atoms with Gasteiger partial charge in [-0.15, -0.1) is 0 Å². The fourth-order valence-corrected chi connectivity index (χ4v) is 11.8. The predicted molar refractivity (Wildman–Crippen MR) is 198 cm³/mol. The summed E-state index contributed by atoms with van der Waals surface area (Å²) < 4.78 is 31.4. The van der Waals surface area contributed by atoms with Crippen molar-refractivity contribution in [1.82, 2.24) is 10.6 Å². The van der Waals surface area contributed by atoms with Gasteiger partial charge < -0.3 is 44.2 Å². The lowest BCUT2D eigenvalue weighted by molar-refractivity contribution is -0.296. The fourth-order valence-electron chi connectivity index (χ4n) is 7.09. The Bertz CT molecular complexity index is 1410. The fraction of sp³-hybridized carbons (Fsp3) is 0.615. The summed E-state index contributed by atoms with van der Waals surface area (Å²) in [4.78, 5) is 38.7. The first-order valence-corrected chi connectivity index (χ1v) is 20.2. The van der Waals surface area contributed by atoms with Gasteiger partial charge in [0.1, 0.15) is 31.0 Å². The zero-order chi connectivity index (χ0) is 38.2. The first-order valence-electron chi connectivity index (χ1n) is 18.3. The van der Waals surface area contributed by atoms with Gasteiger partial charge in [0.25, 0.3) is 8.32 Å². The lowest BCUT2D eigenvalue weighted by atomic mass is 9.89. The molecule has 0 radical (unpaired) electrons. The molecule has 0 bridgehead atoms. The molecule has 2 aliphatic rings. The number of amides is 2. The van der Waals surface area contributed by atoms with Gasteiger partial charge in [-0.2, -0.15) is 0 Å². The number of nitrogens with one attached hydrogen (secondary N) is 2. The summed E-state index contributed by atoms with van der Waals surface area (Å²) in [6.07, 6.45) is -4.50. The van der Waals surface area contributed by atoms with E-state index >= 15 is 0 Å². The third-order valence-electron chi connectivity index (χ3n) is 9.97. The first kappa shape index (κ1) is 41.6. The maximum atomic E-state index is 13.3. The van der Waals surface area contributed by atoms with E-state index < -0.39 is 87.4 Å². The van der Waals surface area contributed by atoms with Gasteiger partial charge >= 0.3 is 5.97 Å². The molecule has 1 aliphatic heterocycles. The maximum absolute atomic E-state index is 13.3. The molecule has 2 aromatic rings. The van der Waals surface area contributed by atoms with Crippen LogP contribution in [0, 0.1) is 11.8 Å². The van der Waals surface area contributed by atoms with Crippen LogP contribution in [-0.4, -0.2) is 106 Å². The largest absolute Gasteiger partial charge is 0.467 e. The molecule has 1 saturated heterocycles. The minimum atomic E-state index is -3.19. The molecule has 8 atom stereocenters. The van der Waals surface area contributed by atoms with Crippen molar-refractivity contribution in [3.8, 4) is 0 Å². The van der Waals surface area contributed by atoms with E-state index in [9.17, 15) is 24.6 Å². The lowest BCUT2D eigenvalue weighted by Gasteiger charge is -2.51. The standard InChI is InChI=1S/C39H58N2O10Si/c1-24(2)36(45)40-28-20-15-21-29(34(28)51-52(39(5,6)7,26-16-11-9-12-17-26)27-18-13-10-14-19-27)49-38-32(41-37(46)25(3)4)35(48-23-31(43)47-8)33(44)30(22-42)50-38/h9-14,16-19,24-25,28-30,32-35,38,42,44H,15,20-23H2,1-8H3,(H,40,45)(H,41,46)/t28-,29+,30?,32?,33+,34+,35-,38?/m1/s1. The number of esters is 1. The number of hydrogen-bond acceptors (Lipinski definition) is 10. The summed E-state index contributed by atoms with van der Waals surface area (Å²) >= 11 is 0. The minimum Gasteiger partial charge on any atom is -0.467 e. The lowest BCUT2D eigenvalue weighted by Crippen LogP contribution is -2.71. The molecule has 1 saturated carbocycles. The Morgan fingerprint density at radius 1 is 0.885 bits per heavy atom. The quantitative estimate of drug-likeness (QED) is 0.167. The van der Waals surface area contributed by atoms with Crippen LogP contribution in [0.5, 0.6) is 0 Å². The van der Waals surface area contributed by atoms with Gasteiger partial charge in [0.15, 0.2) is 6.29 Å². The molecule has 13 heteroatoms. The molecule has 288 valence electrons. The minimum absolute atomic E-state index is 0.113. The Morgan fingerprint density at radius 3 is 1.94 bits per heavy atom. The third-order valence-corrected chi connectivity index (χ3v) is 15.0. The SMILES string of the molecule is COC(=O)CO[C@@H]1C(NC(=O)C(C)C)C(O[C@H]2CCC[C@@H](NC(=O)C(C)C)[C@@H]2O[Si](c2ccccc2)(c2ccccc2)C(C)(C)C)OC(CO)[C@@H]1O. The Kier molecular flexibility index (Phi) is 14.6. The molecule has 2 amide bonds. The van der Waals surface area contributed by atoms with Crippen LogP contribution in [0.3, 0.4) is 0 Å². The van der Waals surface area contributed by atoms with Crippen LogP contribution < -0.4 is 21.0 Å². The van der Waals surface area contributed by atoms with Crippen molar-refractivity contribution in [2.24, 2.45) is 11.8 Å². The van der Waals surface area contributed by atoms with Gasteiger partial charge in [-0.25, -0.2) is 4.79 Å². The number of aliphatic hydroxyl groups excluding tert-OH is 2. The molecule has 4 rings (SSSR count). The summed E-state index contributed by atoms with van der Waals surface area (Å²) in [5.74, 6) is -1.86. The van der Waals surface area contributed by atoms with E-state index in [1.54, 1.807) is 13.8 Å². The van der Waals surface area contributed by atoms with Gasteiger partial charge in [-0.05, 0) is 34.7 Å². The molecule has 3 unspecified atom stereocenters. The number of hydrogen-bond donors (Lipinski definition) is 4. The van der Waals surface area contributed by atoms with Crippen molar-refractivity contribution < 1.29 is 48.0 Å². The van der Waals surface area contributed by atoms with E-state index in [-0.39, 0.29) is 17.7 Å². The normalized spacial score (nSPS) is 26.9. The van der Waals surface area contributed by atoms with Crippen molar-refractivity contribution in [3.63, 3.8) is 0 Å².